The van der Waals surface area contributed by atoms with Crippen molar-refractivity contribution in [1.29, 1.82) is 0 Å². The molecule has 3 nitrogen and oxygen atoms in total. The molecule has 0 aliphatic carbocycles. The topological polar surface area (TPSA) is 41.1 Å². The summed E-state index contributed by atoms with van der Waals surface area (Å²) in [6, 6.07) is -2.86. The average molecular weight is 232 g/mol. The van der Waals surface area contributed by atoms with E-state index in [1.54, 1.807) is 6.92 Å². The Bertz CT molecular complexity index is 369. The molecule has 1 fully saturated rings. The van der Waals surface area contributed by atoms with Crippen LogP contribution in [0.25, 0.3) is 0 Å². The Morgan fingerprint density at radius 2 is 2.06 bits per heavy atom. The molecule has 0 saturated carbocycles. The molecule has 0 spiro atoms. The van der Waals surface area contributed by atoms with Crippen molar-refractivity contribution in [3.63, 3.8) is 0 Å². The highest BCUT2D eigenvalue weighted by atomic mass is 19.4. The number of hydrogen-bond donors (Lipinski definition) is 2. The fourth-order valence-electron chi connectivity index (χ4n) is 1.40. The van der Waals surface area contributed by atoms with Crippen LogP contribution in [-0.4, -0.2) is 18.2 Å². The Kier molecular flexibility index (Phi) is 3.41. The van der Waals surface area contributed by atoms with Crippen LogP contribution in [0.4, 0.5) is 18.0 Å². The number of rotatable bonds is 1. The minimum atomic E-state index is -4.53. The summed E-state index contributed by atoms with van der Waals surface area (Å²) in [7, 11) is 0. The van der Waals surface area contributed by atoms with E-state index in [2.05, 4.69) is 11.9 Å². The smallest absolute Gasteiger partial charge is 0.322 e. The Morgan fingerprint density at radius 1 is 1.44 bits per heavy atom. The first-order chi connectivity index (χ1) is 7.40. The van der Waals surface area contributed by atoms with Crippen LogP contribution in [0.15, 0.2) is 36.1 Å². The van der Waals surface area contributed by atoms with E-state index < -0.39 is 18.2 Å². The summed E-state index contributed by atoms with van der Waals surface area (Å²) in [5.74, 6) is 0. The van der Waals surface area contributed by atoms with Crippen molar-refractivity contribution in [3.8, 4) is 0 Å². The molecule has 16 heavy (non-hydrogen) atoms. The van der Waals surface area contributed by atoms with Crippen LogP contribution in [-0.2, 0) is 0 Å². The summed E-state index contributed by atoms with van der Waals surface area (Å²) in [5, 5.41) is 4.12. The largest absolute Gasteiger partial charge is 0.413 e. The predicted molar refractivity (Wildman–Crippen MR) is 53.5 cm³/mol. The second-order valence-electron chi connectivity index (χ2n) is 3.13. The highest BCUT2D eigenvalue weighted by Crippen LogP contribution is 2.30. The molecule has 0 aromatic heterocycles. The maximum absolute atomic E-state index is 12.7. The van der Waals surface area contributed by atoms with Crippen molar-refractivity contribution in [1.82, 2.24) is 10.6 Å². The minimum Gasteiger partial charge on any atom is -0.322 e. The van der Waals surface area contributed by atoms with Gasteiger partial charge in [0.2, 0.25) is 0 Å². The molecule has 0 bridgehead atoms. The normalized spacial score (nSPS) is 26.5. The van der Waals surface area contributed by atoms with Crippen molar-refractivity contribution in [3.05, 3.63) is 36.1 Å². The molecule has 1 aliphatic heterocycles. The van der Waals surface area contributed by atoms with Crippen LogP contribution >= 0.6 is 0 Å². The van der Waals surface area contributed by atoms with Gasteiger partial charge in [0.1, 0.15) is 0 Å². The lowest BCUT2D eigenvalue weighted by molar-refractivity contribution is -0.144. The summed E-state index contributed by atoms with van der Waals surface area (Å²) in [4.78, 5) is 11.0. The second kappa shape index (κ2) is 4.42. The third kappa shape index (κ3) is 2.44. The van der Waals surface area contributed by atoms with Crippen LogP contribution in [0.3, 0.4) is 0 Å². The van der Waals surface area contributed by atoms with Gasteiger partial charge in [0.15, 0.2) is 6.04 Å². The van der Waals surface area contributed by atoms with Crippen molar-refractivity contribution in [2.45, 2.75) is 19.1 Å². The van der Waals surface area contributed by atoms with Gasteiger partial charge in [-0.05, 0) is 6.92 Å². The van der Waals surface area contributed by atoms with Gasteiger partial charge < -0.3 is 10.6 Å². The van der Waals surface area contributed by atoms with Crippen molar-refractivity contribution in [2.24, 2.45) is 0 Å². The zero-order valence-corrected chi connectivity index (χ0v) is 8.56. The van der Waals surface area contributed by atoms with E-state index in [9.17, 15) is 18.0 Å². The number of amides is 2. The predicted octanol–water partition coefficient (Wildman–Crippen LogP) is 2.25. The summed E-state index contributed by atoms with van der Waals surface area (Å²) in [6.07, 6.45) is -0.648. The molecular formula is C10H11F3N2O. The second-order valence-corrected chi connectivity index (χ2v) is 3.13. The Balaban J connectivity index is 3.18. The molecule has 2 amide bonds. The number of alkyl halides is 3. The molecule has 0 radical (unpaired) electrons. The van der Waals surface area contributed by atoms with Gasteiger partial charge >= 0.3 is 12.2 Å². The number of nitrogens with one attached hydrogen (secondary N) is 2. The zero-order valence-electron chi connectivity index (χ0n) is 8.56. The SMILES string of the molecule is C=C/C=C1\C(=C/C)NC(=O)N[C@@H]1C(F)(F)F. The maximum Gasteiger partial charge on any atom is 0.413 e. The zero-order chi connectivity index (χ0) is 12.3. The fourth-order valence-corrected chi connectivity index (χ4v) is 1.40. The Morgan fingerprint density at radius 3 is 2.50 bits per heavy atom. The van der Waals surface area contributed by atoms with E-state index in [4.69, 9.17) is 0 Å². The molecule has 88 valence electrons. The van der Waals surface area contributed by atoms with E-state index in [0.717, 1.165) is 0 Å². The first-order valence-electron chi connectivity index (χ1n) is 4.53. The number of halogens is 3. The van der Waals surface area contributed by atoms with Gasteiger partial charge in [-0.25, -0.2) is 4.79 Å². The maximum atomic E-state index is 12.7. The van der Waals surface area contributed by atoms with E-state index in [-0.39, 0.29) is 11.3 Å². The Hall–Kier alpha value is -1.72. The van der Waals surface area contributed by atoms with Gasteiger partial charge in [-0.15, -0.1) is 0 Å². The molecule has 1 saturated heterocycles. The lowest BCUT2D eigenvalue weighted by atomic mass is 10.00. The Labute approximate surface area is 90.7 Å². The number of hydrogen-bond acceptors (Lipinski definition) is 1. The van der Waals surface area contributed by atoms with Gasteiger partial charge in [-0.3, -0.25) is 0 Å². The third-order valence-corrected chi connectivity index (χ3v) is 2.06. The summed E-state index contributed by atoms with van der Waals surface area (Å²) < 4.78 is 38.0. The third-order valence-electron chi connectivity index (χ3n) is 2.06. The van der Waals surface area contributed by atoms with E-state index in [0.29, 0.717) is 0 Å². The first kappa shape index (κ1) is 12.4. The fraction of sp³-hybridized carbons (Fsp3) is 0.300. The molecule has 0 unspecified atom stereocenters. The molecule has 0 aromatic carbocycles. The number of allylic oxidation sites excluding steroid dienone is 3. The monoisotopic (exact) mass is 232 g/mol. The van der Waals surface area contributed by atoms with Crippen molar-refractivity contribution in [2.75, 3.05) is 0 Å². The van der Waals surface area contributed by atoms with E-state index >= 15 is 0 Å². The van der Waals surface area contributed by atoms with Crippen LogP contribution in [0.2, 0.25) is 0 Å². The van der Waals surface area contributed by atoms with Gasteiger partial charge in [0.05, 0.1) is 0 Å². The molecule has 6 heteroatoms. The minimum absolute atomic E-state index is 0.0513. The molecular weight excluding hydrogens is 221 g/mol. The van der Waals surface area contributed by atoms with Gasteiger partial charge in [0, 0.05) is 11.3 Å². The van der Waals surface area contributed by atoms with Gasteiger partial charge in [-0.1, -0.05) is 24.8 Å². The molecule has 2 N–H and O–H groups in total. The molecule has 1 heterocycles. The summed E-state index contributed by atoms with van der Waals surface area (Å²) in [5.41, 5.74) is 0.0931. The van der Waals surface area contributed by atoms with Gasteiger partial charge in [0.25, 0.3) is 0 Å². The van der Waals surface area contributed by atoms with Crippen molar-refractivity contribution < 1.29 is 18.0 Å². The molecule has 1 aliphatic rings. The van der Waals surface area contributed by atoms with Crippen molar-refractivity contribution >= 4 is 6.03 Å². The highest BCUT2D eigenvalue weighted by molar-refractivity contribution is 5.80. The average Bonchev–Trinajstić information content (AvgIpc) is 2.18. The van der Waals surface area contributed by atoms with Crippen LogP contribution in [0.1, 0.15) is 6.92 Å². The highest BCUT2D eigenvalue weighted by Gasteiger charge is 2.46. The molecule has 1 rings (SSSR count). The van der Waals surface area contributed by atoms with Crippen LogP contribution < -0.4 is 10.6 Å². The van der Waals surface area contributed by atoms with E-state index in [1.807, 2.05) is 5.32 Å². The lowest BCUT2D eigenvalue weighted by Crippen LogP contribution is -2.55. The lowest BCUT2D eigenvalue weighted by Gasteiger charge is -2.30. The molecule has 0 aromatic rings. The van der Waals surface area contributed by atoms with E-state index in [1.165, 1.54) is 18.2 Å². The number of carbonyl (C=O) groups is 1. The number of carbonyl (C=O) groups excluding carboxylic acids is 1. The quantitative estimate of drug-likeness (QED) is 0.715. The summed E-state index contributed by atoms with van der Waals surface area (Å²) >= 11 is 0. The first-order valence-corrected chi connectivity index (χ1v) is 4.53. The van der Waals surface area contributed by atoms with Crippen LogP contribution in [0, 0.1) is 0 Å². The molecule has 1 atom stereocenters. The standard InChI is InChI=1S/C10H11F3N2O/c1-3-5-6-7(4-2)14-9(16)15-8(6)10(11,12)13/h3-5,8H,1H2,2H3,(H2,14,15,16)/b6-5+,7-4+/t8-/m0/s1. The van der Waals surface area contributed by atoms with Crippen LogP contribution in [0.5, 0.6) is 0 Å². The summed E-state index contributed by atoms with van der Waals surface area (Å²) in [6.45, 7) is 4.89. The van der Waals surface area contributed by atoms with Gasteiger partial charge in [-0.2, -0.15) is 13.2 Å². The number of urea groups is 1.